The average Bonchev–Trinajstić information content (AvgIpc) is 3.05. The fourth-order valence-electron chi connectivity index (χ4n) is 1.90. The van der Waals surface area contributed by atoms with Crippen LogP contribution < -0.4 is 5.32 Å². The second kappa shape index (κ2) is 5.68. The number of furan rings is 1. The maximum absolute atomic E-state index is 12.1. The van der Waals surface area contributed by atoms with E-state index in [1.54, 1.807) is 5.32 Å². The molecule has 1 aliphatic heterocycles. The normalized spacial score (nSPS) is 17.1. The Morgan fingerprint density at radius 2 is 1.90 bits per heavy atom. The summed E-state index contributed by atoms with van der Waals surface area (Å²) in [4.78, 5) is 11.4. The van der Waals surface area contributed by atoms with E-state index in [2.05, 4.69) is 0 Å². The van der Waals surface area contributed by atoms with Gasteiger partial charge in [-0.1, -0.05) is 0 Å². The fraction of sp³-hybridized carbons (Fsp3) is 0.545. The van der Waals surface area contributed by atoms with E-state index < -0.39 is 39.5 Å². The van der Waals surface area contributed by atoms with E-state index >= 15 is 0 Å². The van der Waals surface area contributed by atoms with Crippen molar-refractivity contribution in [3.05, 3.63) is 17.9 Å². The zero-order valence-electron chi connectivity index (χ0n) is 10.8. The molecule has 0 aromatic carbocycles. The Hall–Kier alpha value is -1.55. The number of carbonyl (C=O) groups excluding carboxylic acids is 1. The molecule has 1 aromatic heterocycles. The highest BCUT2D eigenvalue weighted by molar-refractivity contribution is 7.89. The number of nitrogens with one attached hydrogen (secondary N) is 1. The lowest BCUT2D eigenvalue weighted by Crippen LogP contribution is -2.33. The van der Waals surface area contributed by atoms with Gasteiger partial charge in [-0.15, -0.1) is 0 Å². The minimum Gasteiger partial charge on any atom is -0.438 e. The van der Waals surface area contributed by atoms with Gasteiger partial charge in [0.15, 0.2) is 5.76 Å². The lowest BCUT2D eigenvalue weighted by atomic mass is 10.4. The Morgan fingerprint density at radius 1 is 1.29 bits per heavy atom. The van der Waals surface area contributed by atoms with Crippen LogP contribution in [-0.4, -0.2) is 44.4 Å². The molecule has 1 saturated heterocycles. The summed E-state index contributed by atoms with van der Waals surface area (Å²) in [6.45, 7) is -0.794. The van der Waals surface area contributed by atoms with Crippen LogP contribution in [0.4, 0.5) is 13.2 Å². The van der Waals surface area contributed by atoms with Crippen LogP contribution in [0.15, 0.2) is 21.6 Å². The minimum absolute atomic E-state index is 0.360. The number of sulfonamides is 1. The summed E-state index contributed by atoms with van der Waals surface area (Å²) in [5, 5.41) is 1.16. The molecule has 1 amide bonds. The van der Waals surface area contributed by atoms with Crippen molar-refractivity contribution in [3.63, 3.8) is 0 Å². The van der Waals surface area contributed by atoms with E-state index in [-0.39, 0.29) is 0 Å². The third kappa shape index (κ3) is 3.76. The lowest BCUT2D eigenvalue weighted by Gasteiger charge is -2.12. The zero-order chi connectivity index (χ0) is 15.7. The molecule has 0 radical (unpaired) electrons. The van der Waals surface area contributed by atoms with Crippen molar-refractivity contribution in [2.24, 2.45) is 0 Å². The smallest absolute Gasteiger partial charge is 0.405 e. The predicted molar refractivity (Wildman–Crippen MR) is 65.1 cm³/mol. The zero-order valence-corrected chi connectivity index (χ0v) is 11.6. The first-order valence-electron chi connectivity index (χ1n) is 6.15. The summed E-state index contributed by atoms with van der Waals surface area (Å²) >= 11 is 0. The molecule has 1 fully saturated rings. The van der Waals surface area contributed by atoms with Gasteiger partial charge in [-0.2, -0.15) is 17.5 Å². The largest absolute Gasteiger partial charge is 0.438 e. The van der Waals surface area contributed by atoms with Gasteiger partial charge in [-0.3, -0.25) is 4.79 Å². The number of halogens is 3. The number of hydrogen-bond donors (Lipinski definition) is 1. The third-order valence-corrected chi connectivity index (χ3v) is 4.69. The van der Waals surface area contributed by atoms with Crippen LogP contribution in [0.2, 0.25) is 0 Å². The number of hydrogen-bond acceptors (Lipinski definition) is 4. The number of alkyl halides is 3. The molecule has 0 unspecified atom stereocenters. The number of nitrogens with zero attached hydrogens (tertiary/aromatic N) is 1. The molecule has 0 aliphatic carbocycles. The Kier molecular flexibility index (Phi) is 4.28. The highest BCUT2D eigenvalue weighted by Crippen LogP contribution is 2.22. The summed E-state index contributed by atoms with van der Waals surface area (Å²) in [5.41, 5.74) is 0. The van der Waals surface area contributed by atoms with Gasteiger partial charge in [0.25, 0.3) is 15.9 Å². The van der Waals surface area contributed by atoms with Gasteiger partial charge >= 0.3 is 6.18 Å². The van der Waals surface area contributed by atoms with Crippen LogP contribution in [0.25, 0.3) is 0 Å². The van der Waals surface area contributed by atoms with Crippen molar-refractivity contribution in [2.75, 3.05) is 19.6 Å². The molecule has 6 nitrogen and oxygen atoms in total. The van der Waals surface area contributed by atoms with Gasteiger partial charge in [-0.05, 0) is 25.0 Å². The molecule has 1 N–H and O–H groups in total. The van der Waals surface area contributed by atoms with Crippen LogP contribution in [-0.2, 0) is 10.0 Å². The lowest BCUT2D eigenvalue weighted by molar-refractivity contribution is -0.123. The standard InChI is InChI=1S/C11H13F3N2O4S/c12-11(13,14)7-15-10(17)8-3-4-9(20-8)21(18,19)16-5-1-2-6-16/h3-4H,1-2,5-7H2,(H,15,17). The maximum Gasteiger partial charge on any atom is 0.405 e. The number of carbonyl (C=O) groups is 1. The molecule has 1 aromatic rings. The Morgan fingerprint density at radius 3 is 2.48 bits per heavy atom. The molecular formula is C11H13F3N2O4S. The molecule has 2 heterocycles. The number of rotatable bonds is 4. The average molecular weight is 326 g/mol. The first-order valence-corrected chi connectivity index (χ1v) is 7.59. The summed E-state index contributed by atoms with van der Waals surface area (Å²) in [6.07, 6.45) is -3.08. The van der Waals surface area contributed by atoms with Crippen molar-refractivity contribution in [3.8, 4) is 0 Å². The van der Waals surface area contributed by atoms with E-state index in [0.717, 1.165) is 25.0 Å². The molecule has 0 saturated carbocycles. The second-order valence-corrected chi connectivity index (χ2v) is 6.40. The van der Waals surface area contributed by atoms with E-state index in [9.17, 15) is 26.4 Å². The predicted octanol–water partition coefficient (Wildman–Crippen LogP) is 1.36. The van der Waals surface area contributed by atoms with Crippen molar-refractivity contribution in [2.45, 2.75) is 24.1 Å². The number of amides is 1. The summed E-state index contributed by atoms with van der Waals surface area (Å²) in [6, 6.07) is 2.10. The van der Waals surface area contributed by atoms with Crippen molar-refractivity contribution in [1.29, 1.82) is 0 Å². The molecule has 1 aliphatic rings. The SMILES string of the molecule is O=C(NCC(F)(F)F)c1ccc(S(=O)(=O)N2CCCC2)o1. The molecule has 118 valence electrons. The Bertz CT molecular complexity index is 618. The summed E-state index contributed by atoms with van der Waals surface area (Å²) in [5.74, 6) is -1.59. The van der Waals surface area contributed by atoms with Crippen molar-refractivity contribution >= 4 is 15.9 Å². The van der Waals surface area contributed by atoms with Crippen molar-refractivity contribution < 1.29 is 30.8 Å². The first-order chi connectivity index (χ1) is 9.70. The third-order valence-electron chi connectivity index (χ3n) is 2.91. The molecule has 2 rings (SSSR count). The molecule has 0 atom stereocenters. The topological polar surface area (TPSA) is 79.6 Å². The monoisotopic (exact) mass is 326 g/mol. The van der Waals surface area contributed by atoms with Gasteiger partial charge in [0, 0.05) is 13.1 Å². The van der Waals surface area contributed by atoms with Crippen LogP contribution in [0.5, 0.6) is 0 Å². The van der Waals surface area contributed by atoms with Crippen LogP contribution in [0.1, 0.15) is 23.4 Å². The van der Waals surface area contributed by atoms with E-state index in [1.165, 1.54) is 4.31 Å². The quantitative estimate of drug-likeness (QED) is 0.906. The molecule has 0 bridgehead atoms. The fourth-order valence-corrected chi connectivity index (χ4v) is 3.33. The van der Waals surface area contributed by atoms with Gasteiger partial charge in [0.1, 0.15) is 6.54 Å². The highest BCUT2D eigenvalue weighted by atomic mass is 32.2. The molecule has 10 heteroatoms. The van der Waals surface area contributed by atoms with Crippen molar-refractivity contribution in [1.82, 2.24) is 9.62 Å². The van der Waals surface area contributed by atoms with Gasteiger partial charge in [0.2, 0.25) is 5.09 Å². The van der Waals surface area contributed by atoms with Crippen LogP contribution in [0, 0.1) is 0 Å². The van der Waals surface area contributed by atoms with Gasteiger partial charge in [-0.25, -0.2) is 8.42 Å². The Balaban J connectivity index is 2.09. The highest BCUT2D eigenvalue weighted by Gasteiger charge is 2.32. The van der Waals surface area contributed by atoms with E-state index in [1.807, 2.05) is 0 Å². The first kappa shape index (κ1) is 15.8. The summed E-state index contributed by atoms with van der Waals surface area (Å²) in [7, 11) is -3.83. The van der Waals surface area contributed by atoms with Gasteiger partial charge < -0.3 is 9.73 Å². The minimum atomic E-state index is -4.55. The second-order valence-electron chi connectivity index (χ2n) is 4.53. The Labute approximate surface area is 119 Å². The van der Waals surface area contributed by atoms with Crippen LogP contribution >= 0.6 is 0 Å². The van der Waals surface area contributed by atoms with E-state index in [4.69, 9.17) is 4.42 Å². The maximum atomic E-state index is 12.1. The molecule has 0 spiro atoms. The van der Waals surface area contributed by atoms with E-state index in [0.29, 0.717) is 13.1 Å². The summed E-state index contributed by atoms with van der Waals surface area (Å²) < 4.78 is 66.3. The molecular weight excluding hydrogens is 313 g/mol. The van der Waals surface area contributed by atoms with Crippen LogP contribution in [0.3, 0.4) is 0 Å². The van der Waals surface area contributed by atoms with Gasteiger partial charge in [0.05, 0.1) is 0 Å². The molecule has 21 heavy (non-hydrogen) atoms.